The molecule has 0 saturated heterocycles. The van der Waals surface area contributed by atoms with Crippen molar-refractivity contribution in [3.8, 4) is 0 Å². The van der Waals surface area contributed by atoms with Crippen LogP contribution in [0, 0.1) is 0 Å². The summed E-state index contributed by atoms with van der Waals surface area (Å²) >= 11 is 0. The largest absolute Gasteiger partial charge is 3.00 e. The second-order valence-corrected chi connectivity index (χ2v) is 9.67. The first kappa shape index (κ1) is 77.4. The van der Waals surface area contributed by atoms with Gasteiger partial charge in [0.05, 0.1) is 23.9 Å². The van der Waals surface area contributed by atoms with Crippen molar-refractivity contribution < 1.29 is 190 Å². The number of aliphatic hydroxyl groups is 4. The fourth-order valence-corrected chi connectivity index (χ4v) is 2.74. The fraction of sp³-hybridized carbons (Fsp3) is 0.500. The van der Waals surface area contributed by atoms with Gasteiger partial charge in [0.1, 0.15) is 22.4 Å². The van der Waals surface area contributed by atoms with Crippen molar-refractivity contribution >= 4 is 71.6 Å². The number of carboxylic acids is 12. The zero-order valence-corrected chi connectivity index (χ0v) is 32.6. The Morgan fingerprint density at radius 2 is 0.328 bits per heavy atom. The fourth-order valence-electron chi connectivity index (χ4n) is 2.74. The van der Waals surface area contributed by atoms with Gasteiger partial charge in [-0.1, -0.05) is 0 Å². The van der Waals surface area contributed by atoms with Crippen molar-refractivity contribution in [1.29, 1.82) is 0 Å². The summed E-state index contributed by atoms with van der Waals surface area (Å²) in [6.45, 7) is 0. The molecular weight excluding hydrogens is 946 g/mol. The van der Waals surface area contributed by atoms with Crippen LogP contribution in [0.15, 0.2) is 0 Å². The molecule has 0 aromatic rings. The number of carboxylic acid groups (broad SMARTS) is 12. The Kier molecular flexibility index (Phi) is 45.4. The van der Waals surface area contributed by atoms with E-state index >= 15 is 0 Å². The molecule has 0 heterocycles. The first-order chi connectivity index (χ1) is 23.1. The molecule has 34 heteroatoms. The van der Waals surface area contributed by atoms with E-state index in [1.807, 2.05) is 0 Å². The van der Waals surface area contributed by atoms with Crippen LogP contribution in [-0.4, -0.2) is 114 Å². The van der Waals surface area contributed by atoms with Crippen molar-refractivity contribution in [2.24, 2.45) is 0 Å². The number of quaternary nitrogens is 3. The average molecular weight is 978 g/mol. The Hall–Kier alpha value is -5.08. The van der Waals surface area contributed by atoms with E-state index in [1.54, 1.807) is 0 Å². The molecule has 0 aliphatic heterocycles. The third-order valence-corrected chi connectivity index (χ3v) is 5.01. The molecule has 0 saturated carbocycles. The molecule has 16 N–H and O–H groups in total. The molecule has 0 aliphatic carbocycles. The van der Waals surface area contributed by atoms with Crippen LogP contribution in [0.25, 0.3) is 0 Å². The second kappa shape index (κ2) is 34.0. The van der Waals surface area contributed by atoms with E-state index < -0.39 is 145 Å². The first-order valence-corrected chi connectivity index (χ1v) is 12.5. The van der Waals surface area contributed by atoms with E-state index in [0.717, 1.165) is 0 Å². The Morgan fingerprint density at radius 1 is 0.259 bits per heavy atom. The van der Waals surface area contributed by atoms with Crippen LogP contribution in [0.5, 0.6) is 0 Å². The van der Waals surface area contributed by atoms with Gasteiger partial charge in [0, 0.05) is 99.1 Å². The van der Waals surface area contributed by atoms with Crippen LogP contribution in [-0.2, 0) is 109 Å². The molecule has 0 aromatic carbocycles. The number of hydrogen-bond acceptors (Lipinski definition) is 28. The van der Waals surface area contributed by atoms with Gasteiger partial charge in [-0.05, 0) is 0 Å². The van der Waals surface area contributed by atoms with Gasteiger partial charge in [0.15, 0.2) is 0 Å². The maximum absolute atomic E-state index is 10.1. The van der Waals surface area contributed by atoms with Gasteiger partial charge < -0.3 is 158 Å². The summed E-state index contributed by atoms with van der Waals surface area (Å²) < 4.78 is 0. The maximum Gasteiger partial charge on any atom is 3.00 e. The predicted octanol–water partition coefficient (Wildman–Crippen LogP) is -19.9. The zero-order valence-electron chi connectivity index (χ0n) is 29.3. The van der Waals surface area contributed by atoms with E-state index in [9.17, 15) is 119 Å². The van der Waals surface area contributed by atoms with Crippen molar-refractivity contribution in [2.45, 2.75) is 73.8 Å². The monoisotopic (exact) mass is 978 g/mol. The van der Waals surface area contributed by atoms with Gasteiger partial charge in [-0.25, -0.2) is 0 Å². The summed E-state index contributed by atoms with van der Waals surface area (Å²) in [5.41, 5.74) is -11.9. The first-order valence-electron chi connectivity index (χ1n) is 12.5. The van der Waals surface area contributed by atoms with E-state index in [0.29, 0.717) is 0 Å². The zero-order chi connectivity index (χ0) is 42.6. The molecule has 31 nitrogen and oxygen atoms in total. The van der Waals surface area contributed by atoms with Crippen molar-refractivity contribution in [3.63, 3.8) is 0 Å². The molecule has 0 rings (SSSR count). The predicted molar refractivity (Wildman–Crippen MR) is 135 cm³/mol. The average Bonchev–Trinajstić information content (AvgIpc) is 2.85. The molecule has 58 heavy (non-hydrogen) atoms. The van der Waals surface area contributed by atoms with Crippen LogP contribution in [0.1, 0.15) is 51.4 Å². The van der Waals surface area contributed by atoms with Crippen molar-refractivity contribution in [3.05, 3.63) is 0 Å². The van der Waals surface area contributed by atoms with Gasteiger partial charge in [0.25, 0.3) is 0 Å². The maximum atomic E-state index is 10.1. The third-order valence-electron chi connectivity index (χ3n) is 5.01. The summed E-state index contributed by atoms with van der Waals surface area (Å²) in [5, 5.41) is 156. The minimum Gasteiger partial charge on any atom is -0.550 e. The topological polar surface area (TPSA) is 672 Å². The molecule has 0 amide bonds. The standard InChI is InChI=1S/4C6H8O7.3Fe.3H3N/c4*7-3(8)1-6(13,5(11)12)2-4(9)10;;;;;;/h4*13H,1-2H2,(H,7,8)(H,9,10)(H,11,12);;;;3*1H3/q;;;;3*+3;;;/p-9. The molecule has 0 bridgehead atoms. The number of carbonyl (C=O) groups is 12. The quantitative estimate of drug-likeness (QED) is 0.0557. The van der Waals surface area contributed by atoms with Crippen LogP contribution in [0.3, 0.4) is 0 Å². The summed E-state index contributed by atoms with van der Waals surface area (Å²) in [6, 6.07) is 0. The Balaban J connectivity index is -0.0000000640. The van der Waals surface area contributed by atoms with Crippen molar-refractivity contribution in [1.82, 2.24) is 18.5 Å². The molecule has 0 atom stereocenters. The van der Waals surface area contributed by atoms with Crippen LogP contribution >= 0.6 is 0 Å². The smallest absolute Gasteiger partial charge is 0.550 e. The molecular formula is C24H32Fe3N3O28. The summed E-state index contributed by atoms with van der Waals surface area (Å²) in [5.74, 6) is -23.9. The van der Waals surface area contributed by atoms with Crippen LogP contribution < -0.4 is 79.7 Å². The summed E-state index contributed by atoms with van der Waals surface area (Å²) in [4.78, 5) is 120. The Bertz CT molecular complexity index is 1150. The molecule has 0 aliphatic rings. The SMILES string of the molecule is O=C([O-])CC(O)(CC(=O)[O-])C(=O)[O-].O=C([O-])CC(O)(CC(=O)[O-])C(=O)[O-].O=C([O-])CC(O)(CC(=O)[O-])C(=O)[O-].O=C([O-])CC(O)(CC(=O)[O-])C(=O)[O-].[Fe+3].[Fe+3].[Fe+3].[NH4+].[NH4+].[NH4+]. The number of aliphatic carboxylic acids is 12. The van der Waals surface area contributed by atoms with Gasteiger partial charge in [-0.15, -0.1) is 0 Å². The number of carbonyl (C=O) groups excluding carboxylic acids is 12. The van der Waals surface area contributed by atoms with Gasteiger partial charge in [0.2, 0.25) is 0 Å². The molecule has 0 spiro atoms. The molecule has 335 valence electrons. The number of hydrogen-bond donors (Lipinski definition) is 7. The Morgan fingerprint density at radius 3 is 0.362 bits per heavy atom. The van der Waals surface area contributed by atoms with E-state index in [1.165, 1.54) is 0 Å². The third kappa shape index (κ3) is 36.6. The second-order valence-electron chi connectivity index (χ2n) is 9.67. The molecule has 3 radical (unpaired) electrons. The van der Waals surface area contributed by atoms with Gasteiger partial charge in [-0.2, -0.15) is 0 Å². The van der Waals surface area contributed by atoms with E-state index in [-0.39, 0.29) is 69.7 Å². The molecule has 0 fully saturated rings. The number of rotatable bonds is 20. The van der Waals surface area contributed by atoms with Gasteiger partial charge >= 0.3 is 51.2 Å². The summed E-state index contributed by atoms with van der Waals surface area (Å²) in [6.07, 6.45) is -10.9. The van der Waals surface area contributed by atoms with Gasteiger partial charge in [-0.3, -0.25) is 0 Å². The van der Waals surface area contributed by atoms with E-state index in [4.69, 9.17) is 20.4 Å². The van der Waals surface area contributed by atoms with Crippen LogP contribution in [0.4, 0.5) is 0 Å². The minimum atomic E-state index is -2.97. The summed E-state index contributed by atoms with van der Waals surface area (Å²) in [7, 11) is 0. The Labute approximate surface area is 353 Å². The molecule has 0 unspecified atom stereocenters. The van der Waals surface area contributed by atoms with Crippen molar-refractivity contribution in [2.75, 3.05) is 0 Å². The normalized spacial score (nSPS) is 9.72. The molecule has 0 aromatic heterocycles. The van der Waals surface area contributed by atoms with Crippen LogP contribution in [0.2, 0.25) is 0 Å². The van der Waals surface area contributed by atoms with E-state index in [2.05, 4.69) is 0 Å². The minimum absolute atomic E-state index is 0.